The number of carbonyl (C=O) groups excluding carboxylic acids is 1. The molecule has 23 heavy (non-hydrogen) atoms. The fourth-order valence-electron chi connectivity index (χ4n) is 2.07. The highest BCUT2D eigenvalue weighted by Crippen LogP contribution is 2.25. The molecule has 5 nitrogen and oxygen atoms in total. The van der Waals surface area contributed by atoms with E-state index in [0.717, 1.165) is 16.8 Å². The van der Waals surface area contributed by atoms with E-state index in [1.54, 1.807) is 6.07 Å². The molecule has 2 rings (SSSR count). The first kappa shape index (κ1) is 16.7. The van der Waals surface area contributed by atoms with Crippen molar-refractivity contribution in [2.24, 2.45) is 0 Å². The number of nitrogens with zero attached hydrogens (tertiary/aromatic N) is 1. The van der Waals surface area contributed by atoms with Crippen molar-refractivity contribution in [1.29, 1.82) is 0 Å². The highest BCUT2D eigenvalue weighted by atomic mass is 35.5. The number of hydrogen-bond donors (Lipinski definition) is 1. The van der Waals surface area contributed by atoms with Gasteiger partial charge in [0.25, 0.3) is 5.69 Å². The molecule has 0 aliphatic carbocycles. The van der Waals surface area contributed by atoms with Crippen molar-refractivity contribution < 1.29 is 9.72 Å². The van der Waals surface area contributed by atoms with Crippen molar-refractivity contribution in [2.75, 3.05) is 5.32 Å². The Kier molecular flexibility index (Phi) is 5.13. The minimum Gasteiger partial charge on any atom is -0.322 e. The smallest absolute Gasteiger partial charge is 0.288 e. The quantitative estimate of drug-likeness (QED) is 0.509. The zero-order chi connectivity index (χ0) is 17.0. The summed E-state index contributed by atoms with van der Waals surface area (Å²) in [5.41, 5.74) is 3.14. The normalized spacial score (nSPS) is 10.7. The van der Waals surface area contributed by atoms with Crippen LogP contribution in [0.1, 0.15) is 16.7 Å². The third-order valence-corrected chi connectivity index (χ3v) is 3.55. The average molecular weight is 331 g/mol. The minimum absolute atomic E-state index is 0.0619. The van der Waals surface area contributed by atoms with Gasteiger partial charge in [0.05, 0.1) is 4.92 Å². The van der Waals surface area contributed by atoms with Gasteiger partial charge in [0.15, 0.2) is 0 Å². The van der Waals surface area contributed by atoms with Crippen molar-refractivity contribution in [3.8, 4) is 0 Å². The SMILES string of the molecule is Cc1ccc(NC(=O)/C=C/c2ccc(Cl)c([N+](=O)[O-])c2)c(C)c1. The number of nitrogens with one attached hydrogen (secondary N) is 1. The first-order valence-electron chi connectivity index (χ1n) is 6.87. The van der Waals surface area contributed by atoms with Crippen LogP contribution in [0.25, 0.3) is 6.08 Å². The summed E-state index contributed by atoms with van der Waals surface area (Å²) in [6, 6.07) is 10.1. The Bertz CT molecular complexity index is 800. The van der Waals surface area contributed by atoms with E-state index in [2.05, 4.69) is 5.32 Å². The molecule has 0 fully saturated rings. The fraction of sp³-hybridized carbons (Fsp3) is 0.118. The minimum atomic E-state index is -0.560. The van der Waals surface area contributed by atoms with Gasteiger partial charge in [-0.3, -0.25) is 14.9 Å². The average Bonchev–Trinajstić information content (AvgIpc) is 2.49. The molecule has 2 aromatic rings. The predicted molar refractivity (Wildman–Crippen MR) is 91.7 cm³/mol. The van der Waals surface area contributed by atoms with E-state index in [0.29, 0.717) is 5.56 Å². The monoisotopic (exact) mass is 330 g/mol. The van der Waals surface area contributed by atoms with E-state index >= 15 is 0 Å². The molecule has 6 heteroatoms. The molecule has 0 aliphatic heterocycles. The Morgan fingerprint density at radius 3 is 2.61 bits per heavy atom. The van der Waals surface area contributed by atoms with Crippen LogP contribution in [0, 0.1) is 24.0 Å². The largest absolute Gasteiger partial charge is 0.322 e. The molecule has 0 aromatic heterocycles. The number of anilines is 1. The van der Waals surface area contributed by atoms with Crippen LogP contribution in [0.4, 0.5) is 11.4 Å². The lowest BCUT2D eigenvalue weighted by Crippen LogP contribution is -2.08. The van der Waals surface area contributed by atoms with Crippen LogP contribution in [0.2, 0.25) is 5.02 Å². The Morgan fingerprint density at radius 2 is 1.96 bits per heavy atom. The van der Waals surface area contributed by atoms with Gasteiger partial charge >= 0.3 is 0 Å². The van der Waals surface area contributed by atoms with Gasteiger partial charge in [0.1, 0.15) is 5.02 Å². The Balaban J connectivity index is 2.12. The number of amides is 1. The molecule has 0 aliphatic rings. The van der Waals surface area contributed by atoms with Crippen molar-refractivity contribution in [3.05, 3.63) is 74.3 Å². The molecule has 1 amide bonds. The Morgan fingerprint density at radius 1 is 1.22 bits per heavy atom. The van der Waals surface area contributed by atoms with Crippen LogP contribution < -0.4 is 5.32 Å². The third kappa shape index (κ3) is 4.40. The molecule has 0 atom stereocenters. The Labute approximate surface area is 138 Å². The summed E-state index contributed by atoms with van der Waals surface area (Å²) in [7, 11) is 0. The van der Waals surface area contributed by atoms with Gasteiger partial charge < -0.3 is 5.32 Å². The summed E-state index contributed by atoms with van der Waals surface area (Å²) in [6.45, 7) is 3.89. The van der Waals surface area contributed by atoms with Crippen LogP contribution in [0.15, 0.2) is 42.5 Å². The first-order chi connectivity index (χ1) is 10.9. The predicted octanol–water partition coefficient (Wildman–Crippen LogP) is 4.52. The van der Waals surface area contributed by atoms with Crippen molar-refractivity contribution in [3.63, 3.8) is 0 Å². The second kappa shape index (κ2) is 7.07. The van der Waals surface area contributed by atoms with Gasteiger partial charge in [-0.05, 0) is 43.2 Å². The van der Waals surface area contributed by atoms with Crippen LogP contribution in [0.3, 0.4) is 0 Å². The fourth-order valence-corrected chi connectivity index (χ4v) is 2.26. The standard InChI is InChI=1S/C17H15ClN2O3/c1-11-3-7-15(12(2)9-11)19-17(21)8-5-13-4-6-14(18)16(10-13)20(22)23/h3-10H,1-2H3,(H,19,21)/b8-5+. The molecule has 1 N–H and O–H groups in total. The number of nitro benzene ring substituents is 1. The molecule has 0 saturated heterocycles. The van der Waals surface area contributed by atoms with Gasteiger partial charge in [0.2, 0.25) is 5.91 Å². The topological polar surface area (TPSA) is 72.2 Å². The molecule has 0 heterocycles. The van der Waals surface area contributed by atoms with E-state index in [-0.39, 0.29) is 16.6 Å². The Hall–Kier alpha value is -2.66. The van der Waals surface area contributed by atoms with Gasteiger partial charge in [-0.15, -0.1) is 0 Å². The lowest BCUT2D eigenvalue weighted by Gasteiger charge is -2.07. The molecule has 0 radical (unpaired) electrons. The van der Waals surface area contributed by atoms with Crippen molar-refractivity contribution in [1.82, 2.24) is 0 Å². The number of aryl methyl sites for hydroxylation is 2. The molecular weight excluding hydrogens is 316 g/mol. The van der Waals surface area contributed by atoms with E-state index in [4.69, 9.17) is 11.6 Å². The second-order valence-electron chi connectivity index (χ2n) is 5.11. The first-order valence-corrected chi connectivity index (χ1v) is 7.25. The van der Waals surface area contributed by atoms with Crippen LogP contribution in [-0.2, 0) is 4.79 Å². The second-order valence-corrected chi connectivity index (χ2v) is 5.52. The van der Waals surface area contributed by atoms with Gasteiger partial charge in [-0.2, -0.15) is 0 Å². The third-order valence-electron chi connectivity index (χ3n) is 3.23. The summed E-state index contributed by atoms with van der Waals surface area (Å²) in [5, 5.41) is 13.7. The molecule has 0 spiro atoms. The van der Waals surface area contributed by atoms with Crippen molar-refractivity contribution in [2.45, 2.75) is 13.8 Å². The highest BCUT2D eigenvalue weighted by molar-refractivity contribution is 6.32. The number of hydrogen-bond acceptors (Lipinski definition) is 3. The summed E-state index contributed by atoms with van der Waals surface area (Å²) >= 11 is 5.75. The maximum absolute atomic E-state index is 12.0. The molecule has 0 bridgehead atoms. The van der Waals surface area contributed by atoms with E-state index in [1.807, 2.05) is 32.0 Å². The maximum Gasteiger partial charge on any atom is 0.288 e. The van der Waals surface area contributed by atoms with Crippen LogP contribution in [-0.4, -0.2) is 10.8 Å². The number of carbonyl (C=O) groups is 1. The summed E-state index contributed by atoms with van der Waals surface area (Å²) in [5.74, 6) is -0.311. The number of halogens is 1. The van der Waals surface area contributed by atoms with Gasteiger partial charge in [0, 0.05) is 17.8 Å². The molecule has 0 unspecified atom stereocenters. The van der Waals surface area contributed by atoms with Crippen LogP contribution in [0.5, 0.6) is 0 Å². The van der Waals surface area contributed by atoms with Gasteiger partial charge in [-0.25, -0.2) is 0 Å². The summed E-state index contributed by atoms with van der Waals surface area (Å²) in [6.07, 6.45) is 2.83. The zero-order valence-electron chi connectivity index (χ0n) is 12.7. The van der Waals surface area contributed by atoms with Crippen molar-refractivity contribution >= 4 is 35.0 Å². The zero-order valence-corrected chi connectivity index (χ0v) is 13.4. The van der Waals surface area contributed by atoms with Crippen LogP contribution >= 0.6 is 11.6 Å². The van der Waals surface area contributed by atoms with E-state index in [1.165, 1.54) is 24.3 Å². The number of benzene rings is 2. The summed E-state index contributed by atoms with van der Waals surface area (Å²) in [4.78, 5) is 22.2. The van der Waals surface area contributed by atoms with E-state index < -0.39 is 4.92 Å². The lowest BCUT2D eigenvalue weighted by molar-refractivity contribution is -0.384. The maximum atomic E-state index is 12.0. The molecule has 0 saturated carbocycles. The van der Waals surface area contributed by atoms with Gasteiger partial charge in [-0.1, -0.05) is 35.4 Å². The highest BCUT2D eigenvalue weighted by Gasteiger charge is 2.11. The number of rotatable bonds is 4. The lowest BCUT2D eigenvalue weighted by atomic mass is 10.1. The molecule has 118 valence electrons. The number of nitro groups is 1. The summed E-state index contributed by atoms with van der Waals surface area (Å²) < 4.78 is 0. The van der Waals surface area contributed by atoms with E-state index in [9.17, 15) is 14.9 Å². The molecular formula is C17H15ClN2O3. The molecule has 2 aromatic carbocycles.